The van der Waals surface area contributed by atoms with Crippen molar-refractivity contribution in [3.8, 4) is 0 Å². The van der Waals surface area contributed by atoms with Crippen molar-refractivity contribution in [1.29, 1.82) is 0 Å². The number of aliphatic imine (C=N–C) groups is 3. The second-order valence-electron chi connectivity index (χ2n) is 7.31. The first-order chi connectivity index (χ1) is 16.4. The number of hydrogen-bond acceptors (Lipinski definition) is 6. The van der Waals surface area contributed by atoms with Crippen LogP contribution in [0.15, 0.2) is 99.9 Å². The molecule has 0 atom stereocenters. The Labute approximate surface area is 200 Å². The Morgan fingerprint density at radius 2 is 1.44 bits per heavy atom. The van der Waals surface area contributed by atoms with Gasteiger partial charge in [-0.3, -0.25) is 15.0 Å². The molecule has 0 aliphatic carbocycles. The van der Waals surface area contributed by atoms with Gasteiger partial charge in [-0.2, -0.15) is 4.99 Å². The van der Waals surface area contributed by atoms with Crippen molar-refractivity contribution >= 4 is 56.6 Å². The maximum atomic E-state index is 12.5. The third-order valence-corrected chi connectivity index (χ3v) is 5.58. The number of urea groups is 1. The summed E-state index contributed by atoms with van der Waals surface area (Å²) in [5, 5.41) is 12.0. The average Bonchev–Trinajstić information content (AvgIpc) is 3.16. The number of nitro groups is 1. The highest BCUT2D eigenvalue weighted by Crippen LogP contribution is 2.33. The number of carbonyl (C=O) groups is 1. The number of benzene rings is 3. The van der Waals surface area contributed by atoms with Gasteiger partial charge in [-0.25, -0.2) is 14.8 Å². The van der Waals surface area contributed by atoms with Crippen LogP contribution in [0.5, 0.6) is 0 Å². The van der Waals surface area contributed by atoms with Crippen LogP contribution in [-0.2, 0) is 0 Å². The van der Waals surface area contributed by atoms with Gasteiger partial charge in [0.25, 0.3) is 5.69 Å². The number of hydrogen-bond donors (Lipinski definition) is 0. The second-order valence-corrected chi connectivity index (χ2v) is 8.26. The van der Waals surface area contributed by atoms with E-state index < -0.39 is 11.0 Å². The lowest BCUT2D eigenvalue weighted by atomic mass is 10.2. The van der Waals surface area contributed by atoms with Crippen LogP contribution < -0.4 is 4.90 Å². The van der Waals surface area contributed by atoms with Crippen LogP contribution in [0.4, 0.5) is 27.5 Å². The molecule has 0 saturated carbocycles. The topological polar surface area (TPSA) is 104 Å². The molecule has 0 spiro atoms. The molecule has 0 aromatic heterocycles. The molecule has 1 aliphatic heterocycles. The molecule has 34 heavy (non-hydrogen) atoms. The van der Waals surface area contributed by atoms with E-state index in [1.165, 1.54) is 28.8 Å². The number of non-ortho nitro benzene ring substituents is 1. The number of anilines is 1. The molecule has 9 nitrogen and oxygen atoms in total. The van der Waals surface area contributed by atoms with Gasteiger partial charge in [-0.05, 0) is 48.2 Å². The Kier molecular flexibility index (Phi) is 6.79. The van der Waals surface area contributed by atoms with E-state index in [1.54, 1.807) is 31.1 Å². The lowest BCUT2D eigenvalue weighted by Crippen LogP contribution is -2.32. The molecule has 1 fully saturated rings. The summed E-state index contributed by atoms with van der Waals surface area (Å²) < 4.78 is 0. The average molecular weight is 473 g/mol. The predicted octanol–water partition coefficient (Wildman–Crippen LogP) is 5.65. The minimum absolute atomic E-state index is 0.0434. The summed E-state index contributed by atoms with van der Waals surface area (Å²) in [6.45, 7) is 0. The number of nitrogens with zero attached hydrogens (tertiary/aromatic N) is 6. The third-order valence-electron chi connectivity index (χ3n) is 4.65. The monoisotopic (exact) mass is 472 g/mol. The summed E-state index contributed by atoms with van der Waals surface area (Å²) in [6.07, 6.45) is 0. The molecular formula is C24H20N6O3S. The smallest absolute Gasteiger partial charge is 0.329 e. The van der Waals surface area contributed by atoms with Crippen LogP contribution in [0.3, 0.4) is 0 Å². The van der Waals surface area contributed by atoms with Crippen LogP contribution >= 0.6 is 11.8 Å². The first kappa shape index (κ1) is 22.9. The molecule has 0 unspecified atom stereocenters. The zero-order chi connectivity index (χ0) is 24.1. The van der Waals surface area contributed by atoms with E-state index in [-0.39, 0.29) is 5.69 Å². The first-order valence-corrected chi connectivity index (χ1v) is 11.0. The van der Waals surface area contributed by atoms with E-state index in [2.05, 4.69) is 4.99 Å². The Morgan fingerprint density at radius 3 is 1.97 bits per heavy atom. The molecule has 1 heterocycles. The SMILES string of the molecule is CN(C)C(=O)N=C1SC(=Nc2ccccc2)C(=Nc2ccccc2)N1c1ccc([N+](=O)[O-])cc1. The number of para-hydroxylation sites is 2. The summed E-state index contributed by atoms with van der Waals surface area (Å²) in [5.41, 5.74) is 1.93. The van der Waals surface area contributed by atoms with Gasteiger partial charge < -0.3 is 4.90 Å². The number of amides is 2. The molecular weight excluding hydrogens is 452 g/mol. The van der Waals surface area contributed by atoms with Gasteiger partial charge in [0.05, 0.1) is 22.0 Å². The van der Waals surface area contributed by atoms with Gasteiger partial charge in [0.1, 0.15) is 5.04 Å². The van der Waals surface area contributed by atoms with Crippen molar-refractivity contribution in [2.45, 2.75) is 0 Å². The molecule has 10 heteroatoms. The molecule has 0 N–H and O–H groups in total. The van der Waals surface area contributed by atoms with Crippen molar-refractivity contribution in [3.05, 3.63) is 95.0 Å². The maximum absolute atomic E-state index is 12.5. The lowest BCUT2D eigenvalue weighted by molar-refractivity contribution is -0.384. The fourth-order valence-electron chi connectivity index (χ4n) is 2.99. The first-order valence-electron chi connectivity index (χ1n) is 10.2. The summed E-state index contributed by atoms with van der Waals surface area (Å²) in [4.78, 5) is 40.0. The zero-order valence-corrected chi connectivity index (χ0v) is 19.2. The highest BCUT2D eigenvalue weighted by atomic mass is 32.2. The van der Waals surface area contributed by atoms with Crippen molar-refractivity contribution in [2.24, 2.45) is 15.0 Å². The molecule has 2 amide bonds. The third kappa shape index (κ3) is 5.18. The van der Waals surface area contributed by atoms with Gasteiger partial charge in [0, 0.05) is 26.2 Å². The summed E-state index contributed by atoms with van der Waals surface area (Å²) >= 11 is 1.21. The van der Waals surface area contributed by atoms with Gasteiger partial charge in [-0.1, -0.05) is 36.4 Å². The molecule has 4 rings (SSSR count). The Morgan fingerprint density at radius 1 is 0.882 bits per heavy atom. The Hall–Kier alpha value is -4.31. The van der Waals surface area contributed by atoms with Crippen molar-refractivity contribution in [2.75, 3.05) is 19.0 Å². The highest BCUT2D eigenvalue weighted by Gasteiger charge is 2.35. The van der Waals surface area contributed by atoms with Gasteiger partial charge in [-0.15, -0.1) is 0 Å². The van der Waals surface area contributed by atoms with Crippen LogP contribution in [0.25, 0.3) is 0 Å². The Balaban J connectivity index is 1.90. The second kappa shape index (κ2) is 10.1. The molecule has 1 saturated heterocycles. The van der Waals surface area contributed by atoms with E-state index in [1.807, 2.05) is 60.7 Å². The molecule has 0 radical (unpaired) electrons. The van der Waals surface area contributed by atoms with Crippen molar-refractivity contribution in [3.63, 3.8) is 0 Å². The van der Waals surface area contributed by atoms with Crippen molar-refractivity contribution < 1.29 is 9.72 Å². The van der Waals surface area contributed by atoms with E-state index in [0.29, 0.717) is 27.4 Å². The van der Waals surface area contributed by atoms with Crippen LogP contribution in [0, 0.1) is 10.1 Å². The number of amidine groups is 2. The fourth-order valence-corrected chi connectivity index (χ4v) is 3.95. The van der Waals surface area contributed by atoms with Gasteiger partial charge in [0.2, 0.25) is 0 Å². The molecule has 170 valence electrons. The zero-order valence-electron chi connectivity index (χ0n) is 18.4. The molecule has 3 aromatic rings. The minimum Gasteiger partial charge on any atom is -0.329 e. The maximum Gasteiger partial charge on any atom is 0.345 e. The quantitative estimate of drug-likeness (QED) is 0.361. The molecule has 3 aromatic carbocycles. The van der Waals surface area contributed by atoms with Gasteiger partial charge in [0.15, 0.2) is 11.0 Å². The fraction of sp³-hybridized carbons (Fsp3) is 0.0833. The van der Waals surface area contributed by atoms with Crippen molar-refractivity contribution in [1.82, 2.24) is 4.90 Å². The minimum atomic E-state index is -0.464. The molecule has 0 bridgehead atoms. The highest BCUT2D eigenvalue weighted by molar-refractivity contribution is 8.29. The lowest BCUT2D eigenvalue weighted by Gasteiger charge is -2.18. The number of thioether (sulfide) groups is 1. The number of carbonyl (C=O) groups excluding carboxylic acids is 1. The van der Waals surface area contributed by atoms with E-state index in [9.17, 15) is 14.9 Å². The predicted molar refractivity (Wildman–Crippen MR) is 137 cm³/mol. The van der Waals surface area contributed by atoms with E-state index >= 15 is 0 Å². The van der Waals surface area contributed by atoms with Crippen LogP contribution in [0.1, 0.15) is 0 Å². The normalized spacial score (nSPS) is 16.9. The molecule has 1 aliphatic rings. The summed E-state index contributed by atoms with van der Waals surface area (Å²) in [6, 6.07) is 24.3. The largest absolute Gasteiger partial charge is 0.345 e. The standard InChI is InChI=1S/C24H20N6O3S/c1-28(2)23(31)27-24-29(19-13-15-20(16-14-19)30(32)33)21(25-17-9-5-3-6-10-17)22(34-24)26-18-11-7-4-8-12-18/h3-16H,1-2H3. The van der Waals surface area contributed by atoms with Crippen LogP contribution in [0.2, 0.25) is 0 Å². The summed E-state index contributed by atoms with van der Waals surface area (Å²) in [7, 11) is 3.22. The van der Waals surface area contributed by atoms with E-state index in [4.69, 9.17) is 9.98 Å². The van der Waals surface area contributed by atoms with Crippen LogP contribution in [-0.4, -0.2) is 46.0 Å². The summed E-state index contributed by atoms with van der Waals surface area (Å²) in [5.74, 6) is 0.458. The number of nitro benzene ring substituents is 1. The Bertz CT molecular complexity index is 1290. The number of rotatable bonds is 4. The van der Waals surface area contributed by atoms with Gasteiger partial charge >= 0.3 is 6.03 Å². The van der Waals surface area contributed by atoms with E-state index in [0.717, 1.165) is 5.69 Å².